The highest BCUT2D eigenvalue weighted by atomic mass is 19.1. The molecule has 0 bridgehead atoms. The Morgan fingerprint density at radius 2 is 1.79 bits per heavy atom. The van der Waals surface area contributed by atoms with Crippen molar-refractivity contribution in [1.29, 1.82) is 0 Å². The van der Waals surface area contributed by atoms with E-state index in [0.717, 1.165) is 12.8 Å². The predicted octanol–water partition coefficient (Wildman–Crippen LogP) is 3.12. The number of rotatable bonds is 2. The Hall–Kier alpha value is -2.71. The number of anilines is 1. The van der Waals surface area contributed by atoms with Crippen molar-refractivity contribution in [3.05, 3.63) is 41.4 Å². The minimum atomic E-state index is -0.434. The first-order valence-corrected chi connectivity index (χ1v) is 7.95. The van der Waals surface area contributed by atoms with Crippen LogP contribution in [0, 0.1) is 18.3 Å². The van der Waals surface area contributed by atoms with Gasteiger partial charge in [-0.2, -0.15) is 4.39 Å². The van der Waals surface area contributed by atoms with Crippen molar-refractivity contribution in [3.8, 4) is 12.3 Å². The number of carbonyl (C=O) groups is 2. The van der Waals surface area contributed by atoms with Gasteiger partial charge in [-0.15, -0.1) is 6.42 Å². The fraction of sp³-hybridized carbons (Fsp3) is 0.263. The molecule has 24 heavy (non-hydrogen) atoms. The molecule has 4 rings (SSSR count). The molecule has 0 saturated carbocycles. The Morgan fingerprint density at radius 3 is 2.42 bits per heavy atom. The Morgan fingerprint density at radius 1 is 1.12 bits per heavy atom. The number of benzene rings is 1. The van der Waals surface area contributed by atoms with Crippen LogP contribution in [0.15, 0.2) is 35.4 Å². The molecule has 2 aliphatic rings. The quantitative estimate of drug-likeness (QED) is 0.484. The molecule has 2 amide bonds. The maximum Gasteiger partial charge on any atom is 0.404 e. The van der Waals surface area contributed by atoms with Crippen molar-refractivity contribution in [3.63, 3.8) is 0 Å². The Balaban J connectivity index is 1.80. The summed E-state index contributed by atoms with van der Waals surface area (Å²) in [6, 6.07) is 6.44. The molecule has 0 fully saturated rings. The van der Waals surface area contributed by atoms with E-state index in [1.165, 1.54) is 15.5 Å². The molecule has 0 unspecified atom stereocenters. The second-order valence-electron chi connectivity index (χ2n) is 6.11. The van der Waals surface area contributed by atoms with Crippen LogP contribution < -0.4 is 4.90 Å². The van der Waals surface area contributed by atoms with Gasteiger partial charge in [-0.25, -0.2) is 9.59 Å². The number of aromatic nitrogens is 1. The normalized spacial score (nSPS) is 18.3. The predicted molar refractivity (Wildman–Crippen MR) is 88.0 cm³/mol. The standard InChI is InChI=1S/C19H15FN2O2/c1-2-9-21-16-11-13(8-7-12(16)10-17(21)20)22-18(23)14-5-3-4-6-15(14)19(22)24/h1,7-8,10-11H,3-6,9H2/q+1. The molecular weight excluding hydrogens is 307 g/mol. The minimum Gasteiger partial charge on any atom is -0.306 e. The summed E-state index contributed by atoms with van der Waals surface area (Å²) in [6.07, 6.45) is 8.47. The molecule has 2 heterocycles. The van der Waals surface area contributed by atoms with Crippen LogP contribution in [-0.2, 0) is 16.1 Å². The molecule has 0 atom stereocenters. The van der Waals surface area contributed by atoms with Crippen molar-refractivity contribution in [2.45, 2.75) is 32.2 Å². The van der Waals surface area contributed by atoms with Crippen molar-refractivity contribution in [2.75, 3.05) is 0 Å². The lowest BCUT2D eigenvalue weighted by molar-refractivity contribution is -0.128. The minimum absolute atomic E-state index is 0.0927. The molecule has 1 aromatic heterocycles. The number of hydrogen-bond acceptors (Lipinski definition) is 2. The molecule has 1 aliphatic carbocycles. The largest absolute Gasteiger partial charge is 0.404 e. The van der Waals surface area contributed by atoms with Crippen LogP contribution in [0.5, 0.6) is 0 Å². The van der Waals surface area contributed by atoms with E-state index in [1.807, 2.05) is 0 Å². The molecule has 5 heteroatoms. The Bertz CT molecular complexity index is 934. The molecule has 1 radical (unpaired) electrons. The summed E-state index contributed by atoms with van der Waals surface area (Å²) in [5, 5.41) is 0.684. The average molecular weight is 322 g/mol. The van der Waals surface area contributed by atoms with Crippen LogP contribution in [0.3, 0.4) is 0 Å². The molecule has 2 aromatic rings. The smallest absolute Gasteiger partial charge is 0.306 e. The first-order valence-electron chi connectivity index (χ1n) is 7.95. The van der Waals surface area contributed by atoms with Gasteiger partial charge in [0, 0.05) is 28.5 Å². The van der Waals surface area contributed by atoms with Gasteiger partial charge in [0.05, 0.1) is 23.2 Å². The van der Waals surface area contributed by atoms with E-state index in [-0.39, 0.29) is 18.4 Å². The highest BCUT2D eigenvalue weighted by Gasteiger charge is 2.51. The van der Waals surface area contributed by atoms with E-state index in [9.17, 15) is 14.0 Å². The van der Waals surface area contributed by atoms with E-state index in [1.54, 1.807) is 18.2 Å². The number of amides is 2. The number of hydrogen-bond donors (Lipinski definition) is 0. The lowest BCUT2D eigenvalue weighted by Gasteiger charge is -2.05. The lowest BCUT2D eigenvalue weighted by Crippen LogP contribution is -2.32. The zero-order valence-corrected chi connectivity index (χ0v) is 13.0. The molecular formula is C19H15FN2O2+. The van der Waals surface area contributed by atoms with Crippen LogP contribution in [0.2, 0.25) is 0 Å². The van der Waals surface area contributed by atoms with Gasteiger partial charge in [0.1, 0.15) is 0 Å². The molecule has 1 aliphatic heterocycles. The Kier molecular flexibility index (Phi) is 3.36. The number of nitrogens with zero attached hydrogens (tertiary/aromatic N) is 2. The van der Waals surface area contributed by atoms with Gasteiger partial charge in [0.15, 0.2) is 5.95 Å². The van der Waals surface area contributed by atoms with E-state index < -0.39 is 5.95 Å². The van der Waals surface area contributed by atoms with Crippen molar-refractivity contribution >= 4 is 28.4 Å². The third-order valence-corrected chi connectivity index (χ3v) is 4.74. The molecule has 1 aromatic carbocycles. The summed E-state index contributed by atoms with van der Waals surface area (Å²) in [4.78, 5) is 26.5. The van der Waals surface area contributed by atoms with Crippen LogP contribution in [0.25, 0.3) is 10.9 Å². The van der Waals surface area contributed by atoms with E-state index >= 15 is 0 Å². The van der Waals surface area contributed by atoms with Crippen molar-refractivity contribution in [1.82, 2.24) is 9.47 Å². The van der Waals surface area contributed by atoms with Crippen LogP contribution >= 0.6 is 0 Å². The zero-order chi connectivity index (χ0) is 16.8. The third kappa shape index (κ3) is 2.04. The van der Waals surface area contributed by atoms with Crippen molar-refractivity contribution in [2.24, 2.45) is 0 Å². The first kappa shape index (κ1) is 14.9. The Labute approximate surface area is 138 Å². The summed E-state index contributed by atoms with van der Waals surface area (Å²) in [6.45, 7) is 0.0927. The second-order valence-corrected chi connectivity index (χ2v) is 6.11. The molecule has 4 nitrogen and oxygen atoms in total. The number of fused-ring (bicyclic) bond motifs is 1. The van der Waals surface area contributed by atoms with Crippen LogP contribution in [0.4, 0.5) is 10.1 Å². The maximum absolute atomic E-state index is 14.0. The van der Waals surface area contributed by atoms with E-state index in [0.29, 0.717) is 40.6 Å². The van der Waals surface area contributed by atoms with Crippen molar-refractivity contribution < 1.29 is 14.0 Å². The van der Waals surface area contributed by atoms with Gasteiger partial charge < -0.3 is 4.57 Å². The number of carbonyl (C=O) groups excluding carboxylic acids is 2. The van der Waals surface area contributed by atoms with E-state index in [4.69, 9.17) is 6.42 Å². The zero-order valence-electron chi connectivity index (χ0n) is 13.0. The number of imide groups is 1. The molecule has 0 spiro atoms. The fourth-order valence-electron chi connectivity index (χ4n) is 3.57. The fourth-order valence-corrected chi connectivity index (χ4v) is 3.57. The summed E-state index contributed by atoms with van der Waals surface area (Å²) < 4.78 is 15.4. The monoisotopic (exact) mass is 322 g/mol. The number of halogens is 1. The lowest BCUT2D eigenvalue weighted by atomic mass is 9.93. The first-order chi connectivity index (χ1) is 11.6. The van der Waals surface area contributed by atoms with Gasteiger partial charge in [0.25, 0.3) is 0 Å². The SMILES string of the molecule is C#CCn1c(F)cc2ccc([N+]3C(=O)C4=C(CCCC4)C3=O)cc21. The summed E-state index contributed by atoms with van der Waals surface area (Å²) in [5.74, 6) is 1.49. The third-order valence-electron chi connectivity index (χ3n) is 4.74. The molecule has 0 saturated heterocycles. The molecule has 119 valence electrons. The van der Waals surface area contributed by atoms with Gasteiger partial charge in [-0.3, -0.25) is 0 Å². The van der Waals surface area contributed by atoms with Gasteiger partial charge >= 0.3 is 11.8 Å². The summed E-state index contributed by atoms with van der Waals surface area (Å²) in [5.41, 5.74) is 2.31. The molecule has 0 N–H and O–H groups in total. The van der Waals surface area contributed by atoms with Gasteiger partial charge in [0.2, 0.25) is 5.69 Å². The van der Waals surface area contributed by atoms with Gasteiger partial charge in [-0.05, 0) is 31.7 Å². The topological polar surface area (TPSA) is 45.0 Å². The maximum atomic E-state index is 14.0. The highest BCUT2D eigenvalue weighted by Crippen LogP contribution is 2.36. The highest BCUT2D eigenvalue weighted by molar-refractivity contribution is 6.25. The average Bonchev–Trinajstić information content (AvgIpc) is 3.03. The number of terminal acetylenes is 1. The van der Waals surface area contributed by atoms with Crippen LogP contribution in [0.1, 0.15) is 25.7 Å². The van der Waals surface area contributed by atoms with Gasteiger partial charge in [-0.1, -0.05) is 5.92 Å². The second kappa shape index (κ2) is 5.43. The van der Waals surface area contributed by atoms with Crippen LogP contribution in [-0.4, -0.2) is 16.4 Å². The summed E-state index contributed by atoms with van der Waals surface area (Å²) >= 11 is 0. The summed E-state index contributed by atoms with van der Waals surface area (Å²) in [7, 11) is 0. The van der Waals surface area contributed by atoms with E-state index in [2.05, 4.69) is 5.92 Å².